The summed E-state index contributed by atoms with van der Waals surface area (Å²) >= 11 is 0. The maximum absolute atomic E-state index is 6.15. The van der Waals surface area contributed by atoms with Gasteiger partial charge in [0.1, 0.15) is 5.82 Å². The average molecular weight is 407 g/mol. The van der Waals surface area contributed by atoms with Crippen LogP contribution in [0.15, 0.2) is 42.5 Å². The van der Waals surface area contributed by atoms with Crippen molar-refractivity contribution in [1.29, 1.82) is 0 Å². The highest BCUT2D eigenvalue weighted by Gasteiger charge is 2.17. The average Bonchev–Trinajstić information content (AvgIpc) is 2.72. The Morgan fingerprint density at radius 3 is 2.30 bits per heavy atom. The smallest absolute Gasteiger partial charge is 0.124 e. The molecule has 2 nitrogen and oxygen atoms in total. The summed E-state index contributed by atoms with van der Waals surface area (Å²) in [7, 11) is 0. The van der Waals surface area contributed by atoms with Crippen LogP contribution in [0.5, 0.6) is 0 Å². The zero-order valence-electron chi connectivity index (χ0n) is 20.3. The second-order valence-electron chi connectivity index (χ2n) is 8.21. The summed E-state index contributed by atoms with van der Waals surface area (Å²) in [5.74, 6) is 1.06. The number of nitrogens with zero attached hydrogens (tertiary/aromatic N) is 1. The van der Waals surface area contributed by atoms with Crippen LogP contribution in [-0.2, 0) is 6.42 Å². The number of aryl methyl sites for hydroxylation is 1. The fourth-order valence-electron chi connectivity index (χ4n) is 3.60. The minimum atomic E-state index is 0.429. The molecule has 30 heavy (non-hydrogen) atoms. The van der Waals surface area contributed by atoms with E-state index in [4.69, 9.17) is 5.73 Å². The number of benzene rings is 1. The van der Waals surface area contributed by atoms with Crippen LogP contribution < -0.4 is 5.73 Å². The second-order valence-corrected chi connectivity index (χ2v) is 8.21. The van der Waals surface area contributed by atoms with Crippen LogP contribution in [0.1, 0.15) is 101 Å². The Labute approximate surface area is 185 Å². The number of allylic oxidation sites excluding steroid dienone is 2. The Morgan fingerprint density at radius 2 is 1.83 bits per heavy atom. The summed E-state index contributed by atoms with van der Waals surface area (Å²) in [6.45, 7) is 19.0. The Kier molecular flexibility index (Phi) is 11.2. The molecule has 1 atom stereocenters. The van der Waals surface area contributed by atoms with Gasteiger partial charge in [-0.2, -0.15) is 0 Å². The molecule has 0 aliphatic rings. The number of nitrogen functional groups attached to an aromatic ring is 1. The molecule has 1 heterocycles. The molecule has 2 aromatic rings. The number of hydrogen-bond donors (Lipinski definition) is 1. The largest absolute Gasteiger partial charge is 0.384 e. The predicted octanol–water partition coefficient (Wildman–Crippen LogP) is 8.36. The fourth-order valence-corrected chi connectivity index (χ4v) is 3.60. The van der Waals surface area contributed by atoms with Crippen molar-refractivity contribution in [3.63, 3.8) is 0 Å². The van der Waals surface area contributed by atoms with E-state index in [9.17, 15) is 0 Å². The van der Waals surface area contributed by atoms with Gasteiger partial charge in [0.05, 0.1) is 0 Å². The van der Waals surface area contributed by atoms with E-state index >= 15 is 0 Å². The van der Waals surface area contributed by atoms with Crippen LogP contribution in [-0.4, -0.2) is 4.98 Å². The number of pyridine rings is 1. The number of rotatable bonds is 8. The Hall–Kier alpha value is -2.35. The van der Waals surface area contributed by atoms with Gasteiger partial charge in [-0.05, 0) is 79.3 Å². The topological polar surface area (TPSA) is 38.9 Å². The van der Waals surface area contributed by atoms with Crippen molar-refractivity contribution in [3.05, 3.63) is 70.4 Å². The third-order valence-electron chi connectivity index (χ3n) is 5.53. The molecule has 0 amide bonds. The molecule has 164 valence electrons. The lowest BCUT2D eigenvalue weighted by molar-refractivity contribution is 0.697. The van der Waals surface area contributed by atoms with Gasteiger partial charge in [-0.3, -0.25) is 0 Å². The highest BCUT2D eigenvalue weighted by atomic mass is 14.8. The highest BCUT2D eigenvalue weighted by molar-refractivity contribution is 5.84. The third-order valence-corrected chi connectivity index (χ3v) is 5.53. The Bertz CT molecular complexity index is 846. The van der Waals surface area contributed by atoms with E-state index in [0.29, 0.717) is 11.7 Å². The quantitative estimate of drug-likeness (QED) is 0.447. The van der Waals surface area contributed by atoms with E-state index in [1.807, 2.05) is 0 Å². The molecule has 0 saturated carbocycles. The van der Waals surface area contributed by atoms with Crippen LogP contribution >= 0.6 is 0 Å². The molecular weight excluding hydrogens is 364 g/mol. The second kappa shape index (κ2) is 13.1. The molecule has 1 aromatic heterocycles. The Morgan fingerprint density at radius 1 is 1.17 bits per heavy atom. The van der Waals surface area contributed by atoms with Crippen molar-refractivity contribution in [2.24, 2.45) is 0 Å². The lowest BCUT2D eigenvalue weighted by Crippen LogP contribution is -2.08. The molecule has 2 heteroatoms. The SMILES string of the molecule is C=C(C)CCC.CC/C(=C\c1ccccc1C)c1cc(N)nc(C(C)CC)c1CC. The molecule has 0 spiro atoms. The molecule has 1 unspecified atom stereocenters. The zero-order chi connectivity index (χ0) is 22.7. The molecule has 0 aliphatic carbocycles. The van der Waals surface area contributed by atoms with Crippen LogP contribution in [0.25, 0.3) is 11.6 Å². The molecule has 1 aromatic carbocycles. The van der Waals surface area contributed by atoms with Gasteiger partial charge in [0, 0.05) is 5.69 Å². The van der Waals surface area contributed by atoms with Gasteiger partial charge in [0.2, 0.25) is 0 Å². The van der Waals surface area contributed by atoms with Crippen LogP contribution in [0.3, 0.4) is 0 Å². The third kappa shape index (κ3) is 7.48. The molecule has 0 radical (unpaired) electrons. The van der Waals surface area contributed by atoms with Gasteiger partial charge in [0.25, 0.3) is 0 Å². The van der Waals surface area contributed by atoms with Crippen molar-refractivity contribution in [1.82, 2.24) is 4.98 Å². The molecule has 0 aliphatic heterocycles. The summed E-state index contributed by atoms with van der Waals surface area (Å²) < 4.78 is 0. The van der Waals surface area contributed by atoms with Gasteiger partial charge >= 0.3 is 0 Å². The van der Waals surface area contributed by atoms with Crippen LogP contribution in [0.2, 0.25) is 0 Å². The Balaban J connectivity index is 0.000000656. The first-order chi connectivity index (χ1) is 14.3. The number of hydrogen-bond acceptors (Lipinski definition) is 2. The van der Waals surface area contributed by atoms with E-state index in [2.05, 4.69) is 96.4 Å². The zero-order valence-corrected chi connectivity index (χ0v) is 20.3. The number of anilines is 1. The molecule has 2 N–H and O–H groups in total. The summed E-state index contributed by atoms with van der Waals surface area (Å²) in [5, 5.41) is 0. The van der Waals surface area contributed by atoms with Crippen LogP contribution in [0, 0.1) is 6.92 Å². The molecule has 0 bridgehead atoms. The van der Waals surface area contributed by atoms with Crippen LogP contribution in [0.4, 0.5) is 5.82 Å². The maximum atomic E-state index is 6.15. The normalized spacial score (nSPS) is 12.2. The standard InChI is InChI=1S/C22H30N2.C6H12/c1-6-15(4)22-19(8-3)20(14-21(23)24-22)17(7-2)13-18-12-10-9-11-16(18)5;1-4-5-6(2)3/h9-15H,6-8H2,1-5H3,(H2,23,24);2,4-5H2,1,3H3/b17-13+;. The monoisotopic (exact) mass is 406 g/mol. The van der Waals surface area contributed by atoms with E-state index < -0.39 is 0 Å². The van der Waals surface area contributed by atoms with Gasteiger partial charge in [-0.1, -0.05) is 77.0 Å². The van der Waals surface area contributed by atoms with Crippen molar-refractivity contribution in [2.75, 3.05) is 5.73 Å². The summed E-state index contributed by atoms with van der Waals surface area (Å²) in [6, 6.07) is 10.6. The fraction of sp³-hybridized carbons (Fsp3) is 0.464. The van der Waals surface area contributed by atoms with Gasteiger partial charge in [0.15, 0.2) is 0 Å². The van der Waals surface area contributed by atoms with Gasteiger partial charge in [-0.25, -0.2) is 4.98 Å². The van der Waals surface area contributed by atoms with Crippen molar-refractivity contribution in [2.45, 2.75) is 86.5 Å². The number of nitrogens with two attached hydrogens (primary N) is 1. The first-order valence-electron chi connectivity index (χ1n) is 11.5. The summed E-state index contributed by atoms with van der Waals surface area (Å²) in [5.41, 5.74) is 15.1. The first-order valence-corrected chi connectivity index (χ1v) is 11.5. The molecular formula is C28H42N2. The number of aromatic nitrogens is 1. The van der Waals surface area contributed by atoms with E-state index in [1.54, 1.807) is 0 Å². The first kappa shape index (κ1) is 25.7. The molecule has 0 fully saturated rings. The lowest BCUT2D eigenvalue weighted by Gasteiger charge is -2.19. The predicted molar refractivity (Wildman–Crippen MR) is 136 cm³/mol. The minimum absolute atomic E-state index is 0.429. The lowest BCUT2D eigenvalue weighted by atomic mass is 9.89. The van der Waals surface area contributed by atoms with E-state index in [1.165, 1.54) is 51.9 Å². The van der Waals surface area contributed by atoms with E-state index in [-0.39, 0.29) is 0 Å². The van der Waals surface area contributed by atoms with E-state index in [0.717, 1.165) is 19.3 Å². The minimum Gasteiger partial charge on any atom is -0.384 e. The van der Waals surface area contributed by atoms with Gasteiger partial charge in [-0.15, -0.1) is 6.58 Å². The molecule has 2 rings (SSSR count). The summed E-state index contributed by atoms with van der Waals surface area (Å²) in [4.78, 5) is 4.67. The van der Waals surface area contributed by atoms with Gasteiger partial charge < -0.3 is 5.73 Å². The highest BCUT2D eigenvalue weighted by Crippen LogP contribution is 2.32. The van der Waals surface area contributed by atoms with Crippen molar-refractivity contribution in [3.8, 4) is 0 Å². The van der Waals surface area contributed by atoms with Crippen molar-refractivity contribution < 1.29 is 0 Å². The maximum Gasteiger partial charge on any atom is 0.124 e. The van der Waals surface area contributed by atoms with Crippen molar-refractivity contribution >= 4 is 17.5 Å². The molecule has 0 saturated heterocycles. The summed E-state index contributed by atoms with van der Waals surface area (Å²) in [6.07, 6.45) is 7.75.